The molecule has 2 atom stereocenters. The zero-order chi connectivity index (χ0) is 12.1. The van der Waals surface area contributed by atoms with Gasteiger partial charge >= 0.3 is 0 Å². The van der Waals surface area contributed by atoms with Crippen molar-refractivity contribution in [2.45, 2.75) is 45.1 Å². The van der Waals surface area contributed by atoms with Gasteiger partial charge in [0.1, 0.15) is 6.07 Å². The van der Waals surface area contributed by atoms with Crippen LogP contribution in [0.15, 0.2) is 18.3 Å². The van der Waals surface area contributed by atoms with Gasteiger partial charge in [0.2, 0.25) is 0 Å². The van der Waals surface area contributed by atoms with Gasteiger partial charge in [-0.3, -0.25) is 0 Å². The normalized spacial score (nSPS) is 24.7. The molecule has 0 radical (unpaired) electrons. The molecule has 0 saturated heterocycles. The van der Waals surface area contributed by atoms with E-state index in [-0.39, 0.29) is 0 Å². The molecule has 0 aromatic carbocycles. The molecule has 17 heavy (non-hydrogen) atoms. The van der Waals surface area contributed by atoms with Crippen molar-refractivity contribution in [3.63, 3.8) is 0 Å². The van der Waals surface area contributed by atoms with Crippen molar-refractivity contribution in [2.75, 3.05) is 5.32 Å². The summed E-state index contributed by atoms with van der Waals surface area (Å²) in [6.45, 7) is 2.30. The molecule has 1 fully saturated rings. The van der Waals surface area contributed by atoms with E-state index in [1.165, 1.54) is 32.1 Å². The van der Waals surface area contributed by atoms with Crippen LogP contribution in [0.4, 0.5) is 5.69 Å². The Morgan fingerprint density at radius 3 is 3.00 bits per heavy atom. The van der Waals surface area contributed by atoms with E-state index in [4.69, 9.17) is 5.26 Å². The Morgan fingerprint density at radius 1 is 1.35 bits per heavy atom. The van der Waals surface area contributed by atoms with Crippen LogP contribution in [0.1, 0.15) is 44.7 Å². The summed E-state index contributed by atoms with van der Waals surface area (Å²) in [5.41, 5.74) is 1.39. The van der Waals surface area contributed by atoms with E-state index in [1.807, 2.05) is 12.1 Å². The highest BCUT2D eigenvalue weighted by Gasteiger charge is 2.20. The summed E-state index contributed by atoms with van der Waals surface area (Å²) < 4.78 is 0. The van der Waals surface area contributed by atoms with Gasteiger partial charge in [-0.2, -0.15) is 5.26 Å². The molecular formula is C14H19N3. The van der Waals surface area contributed by atoms with Crippen molar-refractivity contribution in [3.8, 4) is 6.07 Å². The minimum Gasteiger partial charge on any atom is -0.380 e. The molecule has 0 aliphatic heterocycles. The number of aromatic nitrogens is 1. The lowest BCUT2D eigenvalue weighted by molar-refractivity contribution is 0.456. The Bertz CT molecular complexity index is 408. The molecule has 1 N–H and O–H groups in total. The van der Waals surface area contributed by atoms with Crippen molar-refractivity contribution in [2.24, 2.45) is 5.92 Å². The third kappa shape index (κ3) is 2.97. The first-order chi connectivity index (χ1) is 8.31. The number of nitrogens with one attached hydrogen (secondary N) is 1. The maximum Gasteiger partial charge on any atom is 0.163 e. The summed E-state index contributed by atoms with van der Waals surface area (Å²) in [4.78, 5) is 4.09. The number of hydrogen-bond acceptors (Lipinski definition) is 3. The molecule has 1 saturated carbocycles. The van der Waals surface area contributed by atoms with Crippen LogP contribution in [0.3, 0.4) is 0 Å². The minimum absolute atomic E-state index is 0.480. The summed E-state index contributed by atoms with van der Waals surface area (Å²) in [6.07, 6.45) is 8.09. The van der Waals surface area contributed by atoms with Gasteiger partial charge in [-0.1, -0.05) is 26.2 Å². The second-order valence-corrected chi connectivity index (χ2v) is 4.88. The predicted octanol–water partition coefficient (Wildman–Crippen LogP) is 3.33. The summed E-state index contributed by atoms with van der Waals surface area (Å²) >= 11 is 0. The first-order valence-corrected chi connectivity index (χ1v) is 6.43. The second-order valence-electron chi connectivity index (χ2n) is 4.88. The molecule has 1 aliphatic carbocycles. The number of nitrogens with zero attached hydrogens (tertiary/aromatic N) is 2. The fraction of sp³-hybridized carbons (Fsp3) is 0.571. The molecule has 90 valence electrons. The highest BCUT2D eigenvalue weighted by molar-refractivity contribution is 5.53. The Hall–Kier alpha value is -1.56. The second kappa shape index (κ2) is 5.67. The van der Waals surface area contributed by atoms with Crippen LogP contribution in [0.5, 0.6) is 0 Å². The first-order valence-electron chi connectivity index (χ1n) is 6.43. The third-order valence-corrected chi connectivity index (χ3v) is 3.62. The van der Waals surface area contributed by atoms with E-state index in [0.29, 0.717) is 17.7 Å². The van der Waals surface area contributed by atoms with Crippen LogP contribution in [0.25, 0.3) is 0 Å². The Kier molecular flexibility index (Phi) is 3.98. The molecule has 1 aromatic heterocycles. The Balaban J connectivity index is 2.11. The molecule has 2 unspecified atom stereocenters. The molecule has 3 nitrogen and oxygen atoms in total. The highest BCUT2D eigenvalue weighted by Crippen LogP contribution is 2.26. The summed E-state index contributed by atoms with van der Waals surface area (Å²) in [5, 5.41) is 12.5. The van der Waals surface area contributed by atoms with Crippen molar-refractivity contribution in [1.82, 2.24) is 4.98 Å². The molecule has 2 rings (SSSR count). The van der Waals surface area contributed by atoms with Crippen LogP contribution >= 0.6 is 0 Å². The van der Waals surface area contributed by atoms with Crippen LogP contribution < -0.4 is 5.32 Å². The molecule has 1 aliphatic rings. The van der Waals surface area contributed by atoms with Crippen LogP contribution in [0.2, 0.25) is 0 Å². The monoisotopic (exact) mass is 229 g/mol. The zero-order valence-electron chi connectivity index (χ0n) is 10.3. The van der Waals surface area contributed by atoms with Crippen LogP contribution in [0, 0.1) is 17.2 Å². The zero-order valence-corrected chi connectivity index (χ0v) is 10.3. The van der Waals surface area contributed by atoms with Crippen molar-refractivity contribution >= 4 is 5.69 Å². The lowest BCUT2D eigenvalue weighted by Crippen LogP contribution is -2.26. The minimum atomic E-state index is 0.480. The number of pyridine rings is 1. The van der Waals surface area contributed by atoms with Gasteiger partial charge in [-0.05, 0) is 30.9 Å². The quantitative estimate of drug-likeness (QED) is 0.791. The standard InChI is InChI=1S/C14H19N3/c1-11-6-3-2-4-7-12(11)17-13-8-5-9-16-14(13)10-15/h5,8-9,11-12,17H,2-4,6-7H2,1H3. The highest BCUT2D eigenvalue weighted by atomic mass is 14.9. The van der Waals surface area contributed by atoms with E-state index in [1.54, 1.807) is 6.20 Å². The van der Waals surface area contributed by atoms with E-state index < -0.39 is 0 Å². The molecule has 0 amide bonds. The predicted molar refractivity (Wildman–Crippen MR) is 68.6 cm³/mol. The Labute approximate surface area is 103 Å². The summed E-state index contributed by atoms with van der Waals surface area (Å²) in [7, 11) is 0. The molecule has 1 heterocycles. The topological polar surface area (TPSA) is 48.7 Å². The number of nitriles is 1. The van der Waals surface area contributed by atoms with Gasteiger partial charge in [0.25, 0.3) is 0 Å². The van der Waals surface area contributed by atoms with Crippen molar-refractivity contribution in [3.05, 3.63) is 24.0 Å². The van der Waals surface area contributed by atoms with E-state index in [0.717, 1.165) is 5.69 Å². The summed E-state index contributed by atoms with van der Waals surface area (Å²) in [5.74, 6) is 0.671. The van der Waals surface area contributed by atoms with E-state index >= 15 is 0 Å². The number of hydrogen-bond donors (Lipinski definition) is 1. The average molecular weight is 229 g/mol. The van der Waals surface area contributed by atoms with Gasteiger partial charge < -0.3 is 5.32 Å². The maximum absolute atomic E-state index is 9.02. The van der Waals surface area contributed by atoms with Crippen LogP contribution in [-0.4, -0.2) is 11.0 Å². The van der Waals surface area contributed by atoms with Gasteiger partial charge in [-0.25, -0.2) is 4.98 Å². The lowest BCUT2D eigenvalue weighted by atomic mass is 9.96. The van der Waals surface area contributed by atoms with E-state index in [9.17, 15) is 0 Å². The number of rotatable bonds is 2. The van der Waals surface area contributed by atoms with Crippen molar-refractivity contribution < 1.29 is 0 Å². The Morgan fingerprint density at radius 2 is 2.18 bits per heavy atom. The molecule has 0 spiro atoms. The largest absolute Gasteiger partial charge is 0.380 e. The fourth-order valence-electron chi connectivity index (χ4n) is 2.52. The average Bonchev–Trinajstić information content (AvgIpc) is 2.56. The van der Waals surface area contributed by atoms with Crippen molar-refractivity contribution in [1.29, 1.82) is 5.26 Å². The SMILES string of the molecule is CC1CCCCCC1Nc1cccnc1C#N. The fourth-order valence-corrected chi connectivity index (χ4v) is 2.52. The third-order valence-electron chi connectivity index (χ3n) is 3.62. The van der Waals surface area contributed by atoms with Gasteiger partial charge in [-0.15, -0.1) is 0 Å². The van der Waals surface area contributed by atoms with Crippen LogP contribution in [-0.2, 0) is 0 Å². The van der Waals surface area contributed by atoms with Gasteiger partial charge in [0.05, 0.1) is 5.69 Å². The lowest BCUT2D eigenvalue weighted by Gasteiger charge is -2.24. The summed E-state index contributed by atoms with van der Waals surface area (Å²) in [6, 6.07) is 6.45. The molecule has 3 heteroatoms. The number of anilines is 1. The van der Waals surface area contributed by atoms with Gasteiger partial charge in [0, 0.05) is 12.2 Å². The first kappa shape index (κ1) is 11.9. The maximum atomic E-state index is 9.02. The molecule has 0 bridgehead atoms. The smallest absolute Gasteiger partial charge is 0.163 e. The van der Waals surface area contributed by atoms with Gasteiger partial charge in [0.15, 0.2) is 5.69 Å². The van der Waals surface area contributed by atoms with E-state index in [2.05, 4.69) is 23.3 Å². The molecule has 1 aromatic rings. The molecular weight excluding hydrogens is 210 g/mol.